The summed E-state index contributed by atoms with van der Waals surface area (Å²) in [6.45, 7) is 1.03. The first kappa shape index (κ1) is 20.4. The Balaban J connectivity index is 1.62. The number of aliphatic hydroxyl groups excluding tert-OH is 2. The molecule has 8 heteroatoms. The number of rotatable bonds is 9. The lowest BCUT2D eigenvalue weighted by Gasteiger charge is -2.18. The van der Waals surface area contributed by atoms with E-state index in [1.807, 2.05) is 11.9 Å². The molecular formula is C20H28N4O4. The monoisotopic (exact) mass is 388 g/mol. The van der Waals surface area contributed by atoms with E-state index < -0.39 is 0 Å². The third-order valence-corrected chi connectivity index (χ3v) is 5.17. The van der Waals surface area contributed by atoms with Crippen molar-refractivity contribution in [1.29, 1.82) is 0 Å². The molecule has 152 valence electrons. The molecule has 0 aliphatic carbocycles. The number of carbonyl (C=O) groups excluding carboxylic acids is 1. The molecule has 28 heavy (non-hydrogen) atoms. The van der Waals surface area contributed by atoms with Gasteiger partial charge in [0.2, 0.25) is 5.95 Å². The van der Waals surface area contributed by atoms with E-state index in [9.17, 15) is 15.0 Å². The zero-order valence-electron chi connectivity index (χ0n) is 16.2. The van der Waals surface area contributed by atoms with E-state index in [0.29, 0.717) is 53.4 Å². The fourth-order valence-electron chi connectivity index (χ4n) is 3.48. The molecule has 2 heterocycles. The lowest BCUT2D eigenvalue weighted by Crippen LogP contribution is -2.23. The average molecular weight is 388 g/mol. The maximum absolute atomic E-state index is 12.0. The zero-order chi connectivity index (χ0) is 20.1. The van der Waals surface area contributed by atoms with Crippen molar-refractivity contribution in [1.82, 2.24) is 9.97 Å². The van der Waals surface area contributed by atoms with Crippen LogP contribution >= 0.6 is 0 Å². The van der Waals surface area contributed by atoms with Crippen LogP contribution in [-0.4, -0.2) is 52.3 Å². The quantitative estimate of drug-likeness (QED) is 0.553. The van der Waals surface area contributed by atoms with Gasteiger partial charge in [0.1, 0.15) is 11.9 Å². The van der Waals surface area contributed by atoms with Crippen molar-refractivity contribution in [2.45, 2.75) is 51.4 Å². The Morgan fingerprint density at radius 1 is 1.25 bits per heavy atom. The van der Waals surface area contributed by atoms with Gasteiger partial charge in [-0.05, 0) is 48.9 Å². The smallest absolute Gasteiger partial charge is 0.227 e. The standard InChI is InChI=1S/C20H28N4O4/c1-24(7-3-2-5-17(27)18-6-4-8-28-18)20-22-16-10-14(12-26)13(11-25)9-15(16)19(21)23-20/h9-10,18,25-26H,2-8,11-12H2,1H3,(H2,21,22,23). The van der Waals surface area contributed by atoms with Crippen molar-refractivity contribution in [2.24, 2.45) is 0 Å². The van der Waals surface area contributed by atoms with E-state index in [0.717, 1.165) is 25.7 Å². The molecule has 1 aromatic heterocycles. The number of fused-ring (bicyclic) bond motifs is 1. The van der Waals surface area contributed by atoms with Crippen LogP contribution < -0.4 is 10.6 Å². The number of carbonyl (C=O) groups is 1. The van der Waals surface area contributed by atoms with Crippen LogP contribution in [0.25, 0.3) is 10.9 Å². The molecule has 1 aliphatic rings. The number of benzene rings is 1. The van der Waals surface area contributed by atoms with Crippen LogP contribution in [0.2, 0.25) is 0 Å². The molecule has 1 fully saturated rings. The first-order valence-electron chi connectivity index (χ1n) is 9.69. The normalized spacial score (nSPS) is 16.6. The number of aliphatic hydroxyl groups is 2. The third-order valence-electron chi connectivity index (χ3n) is 5.17. The molecule has 0 radical (unpaired) electrons. The predicted octanol–water partition coefficient (Wildman–Crippen LogP) is 1.55. The molecule has 3 rings (SSSR count). The highest BCUT2D eigenvalue weighted by atomic mass is 16.5. The van der Waals surface area contributed by atoms with Gasteiger partial charge in [0, 0.05) is 32.0 Å². The van der Waals surface area contributed by atoms with Gasteiger partial charge in [0.05, 0.1) is 18.7 Å². The maximum Gasteiger partial charge on any atom is 0.227 e. The molecule has 2 aromatic rings. The number of ether oxygens (including phenoxy) is 1. The van der Waals surface area contributed by atoms with Crippen molar-refractivity contribution in [3.05, 3.63) is 23.3 Å². The number of aromatic nitrogens is 2. The van der Waals surface area contributed by atoms with Crippen LogP contribution in [0.5, 0.6) is 0 Å². The number of anilines is 2. The minimum Gasteiger partial charge on any atom is -0.392 e. The summed E-state index contributed by atoms with van der Waals surface area (Å²) in [5.41, 5.74) is 7.96. The molecule has 0 bridgehead atoms. The molecule has 0 saturated carbocycles. The lowest BCUT2D eigenvalue weighted by atomic mass is 10.1. The largest absolute Gasteiger partial charge is 0.392 e. The Morgan fingerprint density at radius 2 is 2.00 bits per heavy atom. The highest BCUT2D eigenvalue weighted by Crippen LogP contribution is 2.25. The second-order valence-corrected chi connectivity index (χ2v) is 7.21. The Hall–Kier alpha value is -2.29. The van der Waals surface area contributed by atoms with E-state index >= 15 is 0 Å². The van der Waals surface area contributed by atoms with E-state index in [1.54, 1.807) is 12.1 Å². The van der Waals surface area contributed by atoms with Gasteiger partial charge < -0.3 is 25.6 Å². The van der Waals surface area contributed by atoms with Gasteiger partial charge in [-0.3, -0.25) is 4.79 Å². The molecule has 1 unspecified atom stereocenters. The molecule has 8 nitrogen and oxygen atoms in total. The van der Waals surface area contributed by atoms with E-state index in [1.165, 1.54) is 0 Å². The fraction of sp³-hybridized carbons (Fsp3) is 0.550. The third kappa shape index (κ3) is 4.57. The second-order valence-electron chi connectivity index (χ2n) is 7.21. The van der Waals surface area contributed by atoms with Crippen LogP contribution in [0.3, 0.4) is 0 Å². The first-order valence-corrected chi connectivity index (χ1v) is 9.69. The number of unbranched alkanes of at least 4 members (excludes halogenated alkanes) is 1. The molecule has 0 amide bonds. The van der Waals surface area contributed by atoms with Crippen LogP contribution in [0.1, 0.15) is 43.2 Å². The Kier molecular flexibility index (Phi) is 6.77. The molecule has 1 aromatic carbocycles. The number of Topliss-reactive ketones (excluding diaryl/α,β-unsaturated/α-hetero) is 1. The van der Waals surface area contributed by atoms with Gasteiger partial charge in [0.25, 0.3) is 0 Å². The number of ketones is 1. The van der Waals surface area contributed by atoms with Crippen LogP contribution in [-0.2, 0) is 22.7 Å². The summed E-state index contributed by atoms with van der Waals surface area (Å²) in [5.74, 6) is 1.03. The summed E-state index contributed by atoms with van der Waals surface area (Å²) < 4.78 is 5.42. The second kappa shape index (κ2) is 9.27. The number of nitrogens with zero attached hydrogens (tertiary/aromatic N) is 3. The van der Waals surface area contributed by atoms with Gasteiger partial charge in [0.15, 0.2) is 5.78 Å². The van der Waals surface area contributed by atoms with Crippen molar-refractivity contribution in [3.63, 3.8) is 0 Å². The van der Waals surface area contributed by atoms with Crippen molar-refractivity contribution < 1.29 is 19.7 Å². The Labute approximate surface area is 164 Å². The molecule has 1 saturated heterocycles. The SMILES string of the molecule is CN(CCCCC(=O)C1CCCO1)c1nc(N)c2cc(CO)c(CO)cc2n1. The average Bonchev–Trinajstić information content (AvgIpc) is 3.24. The first-order chi connectivity index (χ1) is 13.5. The van der Waals surface area contributed by atoms with Crippen LogP contribution in [0, 0.1) is 0 Å². The van der Waals surface area contributed by atoms with Crippen molar-refractivity contribution in [3.8, 4) is 0 Å². The van der Waals surface area contributed by atoms with Crippen molar-refractivity contribution in [2.75, 3.05) is 30.8 Å². The summed E-state index contributed by atoms with van der Waals surface area (Å²) in [6, 6.07) is 3.45. The van der Waals surface area contributed by atoms with Crippen molar-refractivity contribution >= 4 is 28.5 Å². The molecule has 1 atom stereocenters. The summed E-state index contributed by atoms with van der Waals surface area (Å²) in [7, 11) is 1.89. The molecule has 4 N–H and O–H groups in total. The lowest BCUT2D eigenvalue weighted by molar-refractivity contribution is -0.127. The van der Waals surface area contributed by atoms with Gasteiger partial charge in [-0.1, -0.05) is 0 Å². The number of nitrogen functional groups attached to an aromatic ring is 1. The summed E-state index contributed by atoms with van der Waals surface area (Å²) in [6.07, 6.45) is 3.77. The van der Waals surface area contributed by atoms with Crippen LogP contribution in [0.15, 0.2) is 12.1 Å². The van der Waals surface area contributed by atoms with Gasteiger partial charge in [-0.2, -0.15) is 4.98 Å². The fourth-order valence-corrected chi connectivity index (χ4v) is 3.48. The molecular weight excluding hydrogens is 360 g/mol. The van der Waals surface area contributed by atoms with E-state index in [2.05, 4.69) is 9.97 Å². The summed E-state index contributed by atoms with van der Waals surface area (Å²) in [4.78, 5) is 22.9. The number of hydrogen-bond acceptors (Lipinski definition) is 8. The summed E-state index contributed by atoms with van der Waals surface area (Å²) in [5, 5.41) is 19.6. The van der Waals surface area contributed by atoms with Gasteiger partial charge >= 0.3 is 0 Å². The summed E-state index contributed by atoms with van der Waals surface area (Å²) >= 11 is 0. The maximum atomic E-state index is 12.0. The highest BCUT2D eigenvalue weighted by Gasteiger charge is 2.22. The predicted molar refractivity (Wildman–Crippen MR) is 107 cm³/mol. The molecule has 1 aliphatic heterocycles. The number of nitrogens with two attached hydrogens (primary N) is 1. The van der Waals surface area contributed by atoms with E-state index in [-0.39, 0.29) is 25.1 Å². The topological polar surface area (TPSA) is 122 Å². The van der Waals surface area contributed by atoms with Crippen LogP contribution in [0.4, 0.5) is 11.8 Å². The highest BCUT2D eigenvalue weighted by molar-refractivity contribution is 5.90. The number of hydrogen-bond donors (Lipinski definition) is 3. The minimum absolute atomic E-state index is 0.181. The van der Waals surface area contributed by atoms with Gasteiger partial charge in [-0.25, -0.2) is 4.98 Å². The Morgan fingerprint density at radius 3 is 2.68 bits per heavy atom. The molecule has 0 spiro atoms. The Bertz CT molecular complexity index is 837. The van der Waals surface area contributed by atoms with E-state index in [4.69, 9.17) is 10.5 Å². The van der Waals surface area contributed by atoms with Gasteiger partial charge in [-0.15, -0.1) is 0 Å². The minimum atomic E-state index is -0.203. The zero-order valence-corrected chi connectivity index (χ0v) is 16.2.